The van der Waals surface area contributed by atoms with Crippen molar-refractivity contribution in [3.8, 4) is 0 Å². The maximum Gasteiger partial charge on any atom is 0.242 e. The third-order valence-corrected chi connectivity index (χ3v) is 5.81. The van der Waals surface area contributed by atoms with Crippen LogP contribution in [0.25, 0.3) is 0 Å². The van der Waals surface area contributed by atoms with E-state index in [9.17, 15) is 14.0 Å². The third kappa shape index (κ3) is 6.75. The summed E-state index contributed by atoms with van der Waals surface area (Å²) in [6, 6.07) is 13.2. The minimum Gasteiger partial charge on any atom is -0.355 e. The largest absolute Gasteiger partial charge is 0.355 e. The van der Waals surface area contributed by atoms with Gasteiger partial charge >= 0.3 is 0 Å². The number of carbonyl (C=O) groups excluding carboxylic acids is 2. The molecule has 4 nitrogen and oxygen atoms in total. The minimum absolute atomic E-state index is 0.148. The van der Waals surface area contributed by atoms with Crippen LogP contribution in [0.1, 0.15) is 31.4 Å². The minimum atomic E-state index is -0.590. The van der Waals surface area contributed by atoms with E-state index in [1.165, 1.54) is 17.8 Å². The zero-order valence-corrected chi connectivity index (χ0v) is 18.2. The zero-order valence-electron chi connectivity index (χ0n) is 16.7. The number of carbonyl (C=O) groups is 2. The van der Waals surface area contributed by atoms with Gasteiger partial charge in [0.05, 0.1) is 5.75 Å². The number of amides is 2. The molecule has 2 aromatic rings. The predicted molar refractivity (Wildman–Crippen MR) is 117 cm³/mol. The molecule has 0 aliphatic rings. The molecule has 0 aliphatic carbocycles. The molecular weight excluding hydrogens is 411 g/mol. The number of benzene rings is 2. The maximum atomic E-state index is 13.8. The van der Waals surface area contributed by atoms with Gasteiger partial charge in [-0.2, -0.15) is 0 Å². The van der Waals surface area contributed by atoms with Gasteiger partial charge in [-0.3, -0.25) is 9.59 Å². The van der Waals surface area contributed by atoms with Crippen LogP contribution in [-0.4, -0.2) is 35.1 Å². The number of rotatable bonds is 10. The molecule has 0 spiro atoms. The molecule has 7 heteroatoms. The van der Waals surface area contributed by atoms with E-state index in [0.717, 1.165) is 5.56 Å². The van der Waals surface area contributed by atoms with Crippen molar-refractivity contribution in [2.45, 2.75) is 38.6 Å². The Morgan fingerprint density at radius 2 is 1.76 bits per heavy atom. The SMILES string of the molecule is CCNC(=O)[C@@H](CC)N(Cc1ccccc1Cl)C(=O)CSCc1ccccc1F. The standard InChI is InChI=1S/C22H26ClFN2O2S/c1-3-20(22(28)25-4-2)26(13-16-9-5-7-11-18(16)23)21(27)15-29-14-17-10-6-8-12-19(17)24/h5-12,20H,3-4,13-15H2,1-2H3,(H,25,28)/t20-/m1/s1. The average molecular weight is 437 g/mol. The molecular formula is C22H26ClFN2O2S. The monoisotopic (exact) mass is 436 g/mol. The van der Waals surface area contributed by atoms with Crippen LogP contribution < -0.4 is 5.32 Å². The molecule has 0 radical (unpaired) electrons. The van der Waals surface area contributed by atoms with E-state index >= 15 is 0 Å². The second-order valence-corrected chi connectivity index (χ2v) is 7.91. The number of hydrogen-bond acceptors (Lipinski definition) is 3. The zero-order chi connectivity index (χ0) is 21.2. The van der Waals surface area contributed by atoms with Crippen LogP contribution in [0, 0.1) is 5.82 Å². The molecule has 0 saturated carbocycles. The first-order valence-corrected chi connectivity index (χ1v) is 11.1. The van der Waals surface area contributed by atoms with Crippen LogP contribution in [0.3, 0.4) is 0 Å². The van der Waals surface area contributed by atoms with Crippen LogP contribution in [0.4, 0.5) is 4.39 Å². The van der Waals surface area contributed by atoms with Gasteiger partial charge in [0.1, 0.15) is 11.9 Å². The highest BCUT2D eigenvalue weighted by molar-refractivity contribution is 7.99. The van der Waals surface area contributed by atoms with E-state index in [4.69, 9.17) is 11.6 Å². The summed E-state index contributed by atoms with van der Waals surface area (Å²) in [7, 11) is 0. The molecule has 2 rings (SSSR count). The van der Waals surface area contributed by atoms with Gasteiger partial charge in [-0.25, -0.2) is 4.39 Å². The van der Waals surface area contributed by atoms with Gasteiger partial charge in [0.25, 0.3) is 0 Å². The predicted octanol–water partition coefficient (Wildman–Crippen LogP) is 4.66. The highest BCUT2D eigenvalue weighted by Gasteiger charge is 2.28. The highest BCUT2D eigenvalue weighted by atomic mass is 35.5. The molecule has 0 aliphatic heterocycles. The normalized spacial score (nSPS) is 11.7. The van der Waals surface area contributed by atoms with Crippen LogP contribution in [0.2, 0.25) is 5.02 Å². The fraction of sp³-hybridized carbons (Fsp3) is 0.364. The lowest BCUT2D eigenvalue weighted by Crippen LogP contribution is -2.49. The number of nitrogens with zero attached hydrogens (tertiary/aromatic N) is 1. The number of likely N-dealkylation sites (N-methyl/N-ethyl adjacent to an activating group) is 1. The summed E-state index contributed by atoms with van der Waals surface area (Å²) < 4.78 is 13.8. The van der Waals surface area contributed by atoms with Gasteiger partial charge in [-0.15, -0.1) is 11.8 Å². The maximum absolute atomic E-state index is 13.8. The Bertz CT molecular complexity index is 834. The average Bonchev–Trinajstić information content (AvgIpc) is 2.70. The Morgan fingerprint density at radius 3 is 2.38 bits per heavy atom. The number of thioether (sulfide) groups is 1. The first-order valence-electron chi connectivity index (χ1n) is 9.59. The molecule has 0 aromatic heterocycles. The van der Waals surface area contributed by atoms with Gasteiger partial charge < -0.3 is 10.2 Å². The van der Waals surface area contributed by atoms with Gasteiger partial charge in [-0.1, -0.05) is 54.9 Å². The molecule has 0 bridgehead atoms. The van der Waals surface area contributed by atoms with Crippen molar-refractivity contribution < 1.29 is 14.0 Å². The third-order valence-electron chi connectivity index (χ3n) is 4.48. The summed E-state index contributed by atoms with van der Waals surface area (Å²) in [6.45, 7) is 4.45. The van der Waals surface area contributed by atoms with Gasteiger partial charge in [0, 0.05) is 23.9 Å². The van der Waals surface area contributed by atoms with E-state index in [-0.39, 0.29) is 29.9 Å². The Morgan fingerprint density at radius 1 is 1.10 bits per heavy atom. The Labute approximate surface area is 180 Å². The molecule has 1 atom stereocenters. The fourth-order valence-electron chi connectivity index (χ4n) is 2.97. The highest BCUT2D eigenvalue weighted by Crippen LogP contribution is 2.22. The number of nitrogens with one attached hydrogen (secondary N) is 1. The van der Waals surface area contributed by atoms with Crippen molar-refractivity contribution in [3.05, 3.63) is 70.5 Å². The van der Waals surface area contributed by atoms with Crippen LogP contribution in [0.15, 0.2) is 48.5 Å². The summed E-state index contributed by atoms with van der Waals surface area (Å²) >= 11 is 7.61. The van der Waals surface area contributed by atoms with Crippen molar-refractivity contribution in [1.29, 1.82) is 0 Å². The Hall–Kier alpha value is -2.05. The molecule has 0 saturated heterocycles. The Kier molecular flexibility index (Phi) is 9.48. The van der Waals surface area contributed by atoms with Crippen molar-refractivity contribution in [1.82, 2.24) is 10.2 Å². The first kappa shape index (κ1) is 23.2. The topological polar surface area (TPSA) is 49.4 Å². The van der Waals surface area contributed by atoms with Crippen LogP contribution in [0.5, 0.6) is 0 Å². The van der Waals surface area contributed by atoms with Gasteiger partial charge in [0.2, 0.25) is 11.8 Å². The molecule has 0 fully saturated rings. The second kappa shape index (κ2) is 11.8. The van der Waals surface area contributed by atoms with Crippen molar-refractivity contribution in [3.63, 3.8) is 0 Å². The van der Waals surface area contributed by atoms with E-state index in [1.54, 1.807) is 29.2 Å². The summed E-state index contributed by atoms with van der Waals surface area (Å²) in [5.74, 6) is -0.113. The Balaban J connectivity index is 2.14. The van der Waals surface area contributed by atoms with Crippen LogP contribution >= 0.6 is 23.4 Å². The molecule has 29 heavy (non-hydrogen) atoms. The summed E-state index contributed by atoms with van der Waals surface area (Å²) in [5.41, 5.74) is 1.34. The van der Waals surface area contributed by atoms with E-state index in [2.05, 4.69) is 5.32 Å². The van der Waals surface area contributed by atoms with Crippen LogP contribution in [-0.2, 0) is 21.9 Å². The molecule has 1 N–H and O–H groups in total. The van der Waals surface area contributed by atoms with E-state index < -0.39 is 6.04 Å². The molecule has 0 heterocycles. The fourth-order valence-corrected chi connectivity index (χ4v) is 4.06. The number of hydrogen-bond donors (Lipinski definition) is 1. The summed E-state index contributed by atoms with van der Waals surface area (Å²) in [4.78, 5) is 27.1. The lowest BCUT2D eigenvalue weighted by molar-refractivity contribution is -0.139. The molecule has 0 unspecified atom stereocenters. The first-order chi connectivity index (χ1) is 14.0. The smallest absolute Gasteiger partial charge is 0.242 e. The lowest BCUT2D eigenvalue weighted by Gasteiger charge is -2.30. The number of halogens is 2. The molecule has 2 aromatic carbocycles. The molecule has 2 amide bonds. The summed E-state index contributed by atoms with van der Waals surface area (Å²) in [5, 5.41) is 3.35. The van der Waals surface area contributed by atoms with E-state index in [1.807, 2.05) is 32.0 Å². The quantitative estimate of drug-likeness (QED) is 0.589. The second-order valence-electron chi connectivity index (χ2n) is 6.52. The van der Waals surface area contributed by atoms with Crippen molar-refractivity contribution in [2.24, 2.45) is 0 Å². The van der Waals surface area contributed by atoms with Gasteiger partial charge in [-0.05, 0) is 36.6 Å². The molecule has 156 valence electrons. The van der Waals surface area contributed by atoms with Gasteiger partial charge in [0.15, 0.2) is 0 Å². The lowest BCUT2D eigenvalue weighted by atomic mass is 10.1. The van der Waals surface area contributed by atoms with Crippen molar-refractivity contribution >= 4 is 35.2 Å². The van der Waals surface area contributed by atoms with Crippen molar-refractivity contribution in [2.75, 3.05) is 12.3 Å². The van der Waals surface area contributed by atoms with E-state index in [0.29, 0.717) is 29.3 Å². The summed E-state index contributed by atoms with van der Waals surface area (Å²) in [6.07, 6.45) is 0.486.